The smallest absolute Gasteiger partial charge is 0.261 e. The summed E-state index contributed by atoms with van der Waals surface area (Å²) in [5.74, 6) is 0.499. The molecule has 1 saturated heterocycles. The fraction of sp³-hybridized carbons (Fsp3) is 0.370. The van der Waals surface area contributed by atoms with Crippen LogP contribution in [0, 0.1) is 35.5 Å². The molecule has 1 heterocycles. The summed E-state index contributed by atoms with van der Waals surface area (Å²) < 4.78 is 5.53. The SMILES string of the molecule is CCOc1ccc(N(CN2C(=O)C3C4C=CC(C5CC45)C3C2=O)C(=O)c2ccc(Cl)cc2Cl)cc1. The average Bonchev–Trinajstić information content (AvgIpc) is 3.63. The summed E-state index contributed by atoms with van der Waals surface area (Å²) in [6, 6.07) is 11.6. The number of benzene rings is 2. The second-order valence-electron chi connectivity index (χ2n) is 9.68. The van der Waals surface area contributed by atoms with Crippen molar-refractivity contribution in [2.24, 2.45) is 35.5 Å². The molecule has 8 heteroatoms. The summed E-state index contributed by atoms with van der Waals surface area (Å²) in [6.45, 7) is 2.23. The van der Waals surface area contributed by atoms with E-state index in [4.69, 9.17) is 27.9 Å². The lowest BCUT2D eigenvalue weighted by atomic mass is 9.63. The van der Waals surface area contributed by atoms with E-state index < -0.39 is 5.91 Å². The first-order valence-corrected chi connectivity index (χ1v) is 12.7. The highest BCUT2D eigenvalue weighted by Crippen LogP contribution is 2.65. The maximum absolute atomic E-state index is 13.7. The number of halogens is 2. The molecule has 3 amide bonds. The Labute approximate surface area is 213 Å². The molecule has 4 aliphatic carbocycles. The minimum atomic E-state index is -0.421. The van der Waals surface area contributed by atoms with Gasteiger partial charge in [0.25, 0.3) is 5.91 Å². The van der Waals surface area contributed by atoms with Crippen LogP contribution in [-0.2, 0) is 9.59 Å². The summed E-state index contributed by atoms with van der Waals surface area (Å²) in [7, 11) is 0. The summed E-state index contributed by atoms with van der Waals surface area (Å²) >= 11 is 12.4. The number of anilines is 1. The lowest BCUT2D eigenvalue weighted by molar-refractivity contribution is -0.140. The summed E-state index contributed by atoms with van der Waals surface area (Å²) in [6.07, 6.45) is 5.37. The zero-order valence-corrected chi connectivity index (χ0v) is 20.6. The molecule has 0 aromatic heterocycles. The van der Waals surface area contributed by atoms with Gasteiger partial charge in [-0.05, 0) is 79.5 Å². The van der Waals surface area contributed by atoms with Crippen LogP contribution in [0.2, 0.25) is 10.0 Å². The molecule has 35 heavy (non-hydrogen) atoms. The Morgan fingerprint density at radius 3 is 2.20 bits per heavy atom. The van der Waals surface area contributed by atoms with Gasteiger partial charge in [-0.15, -0.1) is 0 Å². The molecule has 2 bridgehead atoms. The molecule has 0 spiro atoms. The van der Waals surface area contributed by atoms with E-state index in [1.807, 2.05) is 6.92 Å². The monoisotopic (exact) mass is 510 g/mol. The third kappa shape index (κ3) is 3.57. The first-order chi connectivity index (χ1) is 16.9. The van der Waals surface area contributed by atoms with Gasteiger partial charge in [-0.25, -0.2) is 0 Å². The normalized spacial score (nSPS) is 29.7. The Morgan fingerprint density at radius 2 is 1.63 bits per heavy atom. The molecule has 2 aromatic rings. The highest BCUT2D eigenvalue weighted by Gasteiger charge is 2.67. The van der Waals surface area contributed by atoms with Crippen molar-refractivity contribution in [3.05, 3.63) is 70.2 Å². The molecule has 6 atom stereocenters. The summed E-state index contributed by atoms with van der Waals surface area (Å²) in [5.41, 5.74) is 0.772. The van der Waals surface area contributed by atoms with Crippen LogP contribution in [0.15, 0.2) is 54.6 Å². The summed E-state index contributed by atoms with van der Waals surface area (Å²) in [5, 5.41) is 0.614. The number of nitrogens with zero attached hydrogens (tertiary/aromatic N) is 2. The van der Waals surface area contributed by atoms with Crippen molar-refractivity contribution in [1.82, 2.24) is 4.90 Å². The van der Waals surface area contributed by atoms with Gasteiger partial charge in [-0.3, -0.25) is 24.2 Å². The van der Waals surface area contributed by atoms with Crippen LogP contribution in [0.4, 0.5) is 5.69 Å². The molecule has 2 aromatic carbocycles. The quantitative estimate of drug-likeness (QED) is 0.402. The van der Waals surface area contributed by atoms with Gasteiger partial charge in [-0.2, -0.15) is 0 Å². The highest BCUT2D eigenvalue weighted by molar-refractivity contribution is 6.37. The molecule has 180 valence electrons. The van der Waals surface area contributed by atoms with Gasteiger partial charge < -0.3 is 4.74 Å². The highest BCUT2D eigenvalue weighted by atomic mass is 35.5. The number of hydrogen-bond donors (Lipinski definition) is 0. The fourth-order valence-electron chi connectivity index (χ4n) is 6.26. The molecule has 1 aliphatic heterocycles. The van der Waals surface area contributed by atoms with Crippen LogP contribution in [0.5, 0.6) is 5.75 Å². The van der Waals surface area contributed by atoms with Crippen molar-refractivity contribution >= 4 is 46.6 Å². The van der Waals surface area contributed by atoms with Gasteiger partial charge in [0.2, 0.25) is 11.8 Å². The van der Waals surface area contributed by atoms with E-state index in [-0.39, 0.29) is 52.7 Å². The van der Waals surface area contributed by atoms with E-state index >= 15 is 0 Å². The van der Waals surface area contributed by atoms with Crippen LogP contribution in [0.25, 0.3) is 0 Å². The summed E-state index contributed by atoms with van der Waals surface area (Å²) in [4.78, 5) is 43.5. The van der Waals surface area contributed by atoms with Crippen molar-refractivity contribution in [2.45, 2.75) is 13.3 Å². The maximum Gasteiger partial charge on any atom is 0.261 e. The van der Waals surface area contributed by atoms with Crippen molar-refractivity contribution in [3.8, 4) is 5.75 Å². The van der Waals surface area contributed by atoms with E-state index in [9.17, 15) is 14.4 Å². The standard InChI is InChI=1S/C27H24Cl2N2O4/c1-2-35-16-6-4-15(5-7-16)30(25(32)19-8-3-14(28)11-22(19)29)13-31-26(33)23-17-9-10-18(21-12-20(17)21)24(23)27(31)34/h3-11,17-18,20-21,23-24H,2,12-13H2,1H3. The molecule has 5 aliphatic rings. The number of likely N-dealkylation sites (tertiary alicyclic amines) is 1. The zero-order valence-electron chi connectivity index (χ0n) is 19.1. The van der Waals surface area contributed by atoms with E-state index in [2.05, 4.69) is 12.2 Å². The molecule has 6 unspecified atom stereocenters. The maximum atomic E-state index is 13.7. The molecule has 0 radical (unpaired) electrons. The van der Waals surface area contributed by atoms with Crippen molar-refractivity contribution in [1.29, 1.82) is 0 Å². The fourth-order valence-corrected chi connectivity index (χ4v) is 6.75. The first kappa shape index (κ1) is 22.6. The second-order valence-corrected chi connectivity index (χ2v) is 10.5. The predicted octanol–water partition coefficient (Wildman–Crippen LogP) is 5.05. The van der Waals surface area contributed by atoms with Gasteiger partial charge in [0.05, 0.1) is 29.0 Å². The third-order valence-corrected chi connectivity index (χ3v) is 8.45. The Bertz CT molecular complexity index is 1220. The van der Waals surface area contributed by atoms with Crippen molar-refractivity contribution in [3.63, 3.8) is 0 Å². The van der Waals surface area contributed by atoms with Crippen LogP contribution < -0.4 is 9.64 Å². The minimum absolute atomic E-state index is 0.122. The Morgan fingerprint density at radius 1 is 1.00 bits per heavy atom. The number of ether oxygens (including phenoxy) is 1. The van der Waals surface area contributed by atoms with Crippen LogP contribution in [0.1, 0.15) is 23.7 Å². The number of amides is 3. The van der Waals surface area contributed by atoms with E-state index in [0.717, 1.165) is 6.42 Å². The Kier molecular flexibility index (Phi) is 5.42. The largest absolute Gasteiger partial charge is 0.494 e. The number of hydrogen-bond acceptors (Lipinski definition) is 4. The second kappa shape index (κ2) is 8.38. The Balaban J connectivity index is 1.34. The van der Waals surface area contributed by atoms with Gasteiger partial charge >= 0.3 is 0 Å². The van der Waals surface area contributed by atoms with Gasteiger partial charge in [0.1, 0.15) is 12.4 Å². The van der Waals surface area contributed by atoms with Crippen molar-refractivity contribution in [2.75, 3.05) is 18.2 Å². The number of allylic oxidation sites excluding steroid dienone is 2. The van der Waals surface area contributed by atoms with Crippen molar-refractivity contribution < 1.29 is 19.1 Å². The number of imide groups is 1. The Hall–Kier alpha value is -2.83. The van der Waals surface area contributed by atoms with E-state index in [1.54, 1.807) is 36.4 Å². The lowest BCUT2D eigenvalue weighted by Gasteiger charge is -2.37. The molecule has 0 N–H and O–H groups in total. The zero-order chi connectivity index (χ0) is 24.4. The van der Waals surface area contributed by atoms with E-state index in [1.165, 1.54) is 15.9 Å². The number of rotatable bonds is 6. The average molecular weight is 511 g/mol. The molecule has 2 saturated carbocycles. The molecular weight excluding hydrogens is 487 g/mol. The predicted molar refractivity (Wildman–Crippen MR) is 132 cm³/mol. The van der Waals surface area contributed by atoms with Crippen LogP contribution in [0.3, 0.4) is 0 Å². The van der Waals surface area contributed by atoms with Gasteiger partial charge in [-0.1, -0.05) is 35.4 Å². The lowest BCUT2D eigenvalue weighted by Crippen LogP contribution is -2.45. The number of carbonyl (C=O) groups excluding carboxylic acids is 3. The molecule has 7 rings (SSSR count). The molecular formula is C27H24Cl2N2O4. The third-order valence-electron chi connectivity index (χ3n) is 7.90. The molecule has 6 nitrogen and oxygen atoms in total. The van der Waals surface area contributed by atoms with Gasteiger partial charge in [0, 0.05) is 10.7 Å². The topological polar surface area (TPSA) is 66.9 Å². The first-order valence-electron chi connectivity index (χ1n) is 11.9. The molecule has 3 fully saturated rings. The number of carbonyl (C=O) groups is 3. The van der Waals surface area contributed by atoms with E-state index in [0.29, 0.717) is 34.9 Å². The van der Waals surface area contributed by atoms with Crippen LogP contribution in [-0.4, -0.2) is 35.9 Å². The van der Waals surface area contributed by atoms with Gasteiger partial charge in [0.15, 0.2) is 0 Å². The minimum Gasteiger partial charge on any atom is -0.494 e. The van der Waals surface area contributed by atoms with Crippen LogP contribution >= 0.6 is 23.2 Å².